The molecule has 0 bridgehead atoms. The molecule has 5 heteroatoms. The zero-order valence-electron chi connectivity index (χ0n) is 14.5. The number of benzene rings is 2. The topological polar surface area (TPSA) is 42.0 Å². The fraction of sp³-hybridized carbons (Fsp3) is 0.0952. The second-order valence-corrected chi connectivity index (χ2v) is 6.19. The van der Waals surface area contributed by atoms with Crippen molar-refractivity contribution >= 4 is 17.2 Å². The van der Waals surface area contributed by atoms with Crippen LogP contribution in [0.15, 0.2) is 77.0 Å². The molecule has 0 atom stereocenters. The SMILES string of the molecule is Cc1ccc(-c2nc3cccc(C)n3c2N=Nc2cccc(F)c2)cc1. The highest BCUT2D eigenvalue weighted by Gasteiger charge is 2.15. The van der Waals surface area contributed by atoms with E-state index in [0.717, 1.165) is 22.6 Å². The van der Waals surface area contributed by atoms with E-state index in [1.807, 2.05) is 60.7 Å². The molecule has 2 heterocycles. The highest BCUT2D eigenvalue weighted by Crippen LogP contribution is 2.33. The van der Waals surface area contributed by atoms with Crippen molar-refractivity contribution < 1.29 is 4.39 Å². The molecule has 2 aromatic carbocycles. The molecule has 0 aliphatic heterocycles. The van der Waals surface area contributed by atoms with Crippen LogP contribution in [0.2, 0.25) is 0 Å². The zero-order valence-corrected chi connectivity index (χ0v) is 14.5. The van der Waals surface area contributed by atoms with Crippen LogP contribution < -0.4 is 0 Å². The van der Waals surface area contributed by atoms with Crippen molar-refractivity contribution in [3.63, 3.8) is 0 Å². The van der Waals surface area contributed by atoms with E-state index in [0.29, 0.717) is 11.5 Å². The minimum absolute atomic E-state index is 0.338. The number of hydrogen-bond donors (Lipinski definition) is 0. The molecule has 128 valence electrons. The Kier molecular flexibility index (Phi) is 4.05. The van der Waals surface area contributed by atoms with Gasteiger partial charge in [-0.1, -0.05) is 42.0 Å². The van der Waals surface area contributed by atoms with Crippen molar-refractivity contribution in [1.82, 2.24) is 9.38 Å². The Balaban J connectivity index is 1.90. The second-order valence-electron chi connectivity index (χ2n) is 6.19. The van der Waals surface area contributed by atoms with Crippen LogP contribution in [0.25, 0.3) is 16.9 Å². The molecule has 2 aromatic heterocycles. The number of hydrogen-bond acceptors (Lipinski definition) is 3. The molecule has 0 unspecified atom stereocenters. The molecule has 0 aliphatic rings. The first-order valence-electron chi connectivity index (χ1n) is 8.34. The predicted molar refractivity (Wildman–Crippen MR) is 101 cm³/mol. The van der Waals surface area contributed by atoms with E-state index < -0.39 is 0 Å². The number of aromatic nitrogens is 2. The van der Waals surface area contributed by atoms with Gasteiger partial charge in [0.1, 0.15) is 17.2 Å². The Morgan fingerprint density at radius 3 is 2.42 bits per heavy atom. The quantitative estimate of drug-likeness (QED) is 0.410. The van der Waals surface area contributed by atoms with E-state index in [1.165, 1.54) is 17.7 Å². The van der Waals surface area contributed by atoms with Crippen LogP contribution in [-0.2, 0) is 0 Å². The van der Waals surface area contributed by atoms with Crippen LogP contribution in [-0.4, -0.2) is 9.38 Å². The van der Waals surface area contributed by atoms with Crippen molar-refractivity contribution in [1.29, 1.82) is 0 Å². The summed E-state index contributed by atoms with van der Waals surface area (Å²) in [5.41, 5.74) is 5.15. The van der Waals surface area contributed by atoms with Gasteiger partial charge in [0.05, 0.1) is 5.69 Å². The van der Waals surface area contributed by atoms with E-state index in [-0.39, 0.29) is 5.82 Å². The molecule has 0 amide bonds. The standard InChI is InChI=1S/C21H17FN4/c1-14-9-11-16(12-10-14)20-21(25-24-18-7-4-6-17(22)13-18)26-15(2)5-3-8-19(26)23-20/h3-13H,1-2H3. The summed E-state index contributed by atoms with van der Waals surface area (Å²) in [5.74, 6) is 0.292. The summed E-state index contributed by atoms with van der Waals surface area (Å²) in [5, 5.41) is 8.65. The smallest absolute Gasteiger partial charge is 0.187 e. The maximum Gasteiger partial charge on any atom is 0.187 e. The van der Waals surface area contributed by atoms with Gasteiger partial charge < -0.3 is 0 Å². The monoisotopic (exact) mass is 344 g/mol. The van der Waals surface area contributed by atoms with E-state index in [9.17, 15) is 4.39 Å². The van der Waals surface area contributed by atoms with Gasteiger partial charge in [0.15, 0.2) is 5.82 Å². The summed E-state index contributed by atoms with van der Waals surface area (Å²) in [6.07, 6.45) is 0. The van der Waals surface area contributed by atoms with Crippen molar-refractivity contribution in [3.05, 3.63) is 83.8 Å². The van der Waals surface area contributed by atoms with Crippen LogP contribution >= 0.6 is 0 Å². The highest BCUT2D eigenvalue weighted by atomic mass is 19.1. The third-order valence-electron chi connectivity index (χ3n) is 4.21. The first-order chi connectivity index (χ1) is 12.6. The summed E-state index contributed by atoms with van der Waals surface area (Å²) in [4.78, 5) is 4.74. The molecule has 0 saturated carbocycles. The number of aryl methyl sites for hydroxylation is 2. The maximum atomic E-state index is 13.4. The number of halogens is 1. The summed E-state index contributed by atoms with van der Waals surface area (Å²) >= 11 is 0. The number of azo groups is 1. The second kappa shape index (κ2) is 6.52. The van der Waals surface area contributed by atoms with Crippen LogP contribution in [0, 0.1) is 19.7 Å². The van der Waals surface area contributed by atoms with Gasteiger partial charge in [0.2, 0.25) is 0 Å². The number of rotatable bonds is 3. The lowest BCUT2D eigenvalue weighted by Gasteiger charge is -2.03. The van der Waals surface area contributed by atoms with Gasteiger partial charge >= 0.3 is 0 Å². The van der Waals surface area contributed by atoms with E-state index in [1.54, 1.807) is 12.1 Å². The van der Waals surface area contributed by atoms with Crippen molar-refractivity contribution in [2.45, 2.75) is 13.8 Å². The minimum Gasteiger partial charge on any atom is -0.280 e. The number of imidazole rings is 1. The van der Waals surface area contributed by atoms with Gasteiger partial charge in [-0.15, -0.1) is 10.2 Å². The van der Waals surface area contributed by atoms with Gasteiger partial charge in [-0.2, -0.15) is 0 Å². The first kappa shape index (κ1) is 16.1. The lowest BCUT2D eigenvalue weighted by molar-refractivity contribution is 0.628. The Bertz CT molecular complexity index is 1110. The van der Waals surface area contributed by atoms with Crippen LogP contribution in [0.5, 0.6) is 0 Å². The fourth-order valence-corrected chi connectivity index (χ4v) is 2.88. The summed E-state index contributed by atoms with van der Waals surface area (Å²) in [6.45, 7) is 4.04. The molecule has 4 nitrogen and oxygen atoms in total. The van der Waals surface area contributed by atoms with Crippen molar-refractivity contribution in [3.8, 4) is 11.3 Å². The van der Waals surface area contributed by atoms with E-state index in [4.69, 9.17) is 4.98 Å². The lowest BCUT2D eigenvalue weighted by Crippen LogP contribution is -1.89. The molecular weight excluding hydrogens is 327 g/mol. The van der Waals surface area contributed by atoms with Gasteiger partial charge in [-0.05, 0) is 38.1 Å². The number of pyridine rings is 1. The lowest BCUT2D eigenvalue weighted by atomic mass is 10.1. The molecular formula is C21H17FN4. The average molecular weight is 344 g/mol. The van der Waals surface area contributed by atoms with E-state index in [2.05, 4.69) is 10.2 Å². The summed E-state index contributed by atoms with van der Waals surface area (Å²) < 4.78 is 15.4. The Hall–Kier alpha value is -3.34. The molecule has 4 aromatic rings. The average Bonchev–Trinajstić information content (AvgIpc) is 3.01. The Labute approximate surface area is 150 Å². The molecule has 0 radical (unpaired) electrons. The van der Waals surface area contributed by atoms with Crippen LogP contribution in [0.1, 0.15) is 11.3 Å². The first-order valence-corrected chi connectivity index (χ1v) is 8.34. The molecule has 0 aliphatic carbocycles. The van der Waals surface area contributed by atoms with Gasteiger partial charge in [0.25, 0.3) is 0 Å². The molecule has 0 fully saturated rings. The molecule has 0 spiro atoms. The van der Waals surface area contributed by atoms with Gasteiger partial charge in [0, 0.05) is 17.3 Å². The normalized spacial score (nSPS) is 11.5. The fourth-order valence-electron chi connectivity index (χ4n) is 2.88. The Morgan fingerprint density at radius 2 is 1.65 bits per heavy atom. The van der Waals surface area contributed by atoms with Gasteiger partial charge in [-0.3, -0.25) is 4.40 Å². The molecule has 4 rings (SSSR count). The third kappa shape index (κ3) is 2.99. The predicted octanol–water partition coefficient (Wildman–Crippen LogP) is 6.17. The molecule has 26 heavy (non-hydrogen) atoms. The number of fused-ring (bicyclic) bond motifs is 1. The number of nitrogens with zero attached hydrogens (tertiary/aromatic N) is 4. The largest absolute Gasteiger partial charge is 0.280 e. The minimum atomic E-state index is -0.338. The zero-order chi connectivity index (χ0) is 18.1. The Morgan fingerprint density at radius 1 is 0.885 bits per heavy atom. The van der Waals surface area contributed by atoms with Gasteiger partial charge in [-0.25, -0.2) is 9.37 Å². The maximum absolute atomic E-state index is 13.4. The summed E-state index contributed by atoms with van der Waals surface area (Å²) in [6, 6.07) is 20.1. The third-order valence-corrected chi connectivity index (χ3v) is 4.21. The van der Waals surface area contributed by atoms with Crippen LogP contribution in [0.4, 0.5) is 15.9 Å². The van der Waals surface area contributed by atoms with Crippen molar-refractivity contribution in [2.24, 2.45) is 10.2 Å². The van der Waals surface area contributed by atoms with Crippen molar-refractivity contribution in [2.75, 3.05) is 0 Å². The molecule has 0 saturated heterocycles. The van der Waals surface area contributed by atoms with Crippen LogP contribution in [0.3, 0.4) is 0 Å². The molecule has 0 N–H and O–H groups in total. The summed E-state index contributed by atoms with van der Waals surface area (Å²) in [7, 11) is 0. The van der Waals surface area contributed by atoms with E-state index >= 15 is 0 Å². The highest BCUT2D eigenvalue weighted by molar-refractivity contribution is 5.75.